The summed E-state index contributed by atoms with van der Waals surface area (Å²) < 4.78 is 29.1. The fourth-order valence-electron chi connectivity index (χ4n) is 2.79. The molecule has 0 saturated heterocycles. The van der Waals surface area contributed by atoms with E-state index in [-0.39, 0.29) is 24.9 Å². The van der Waals surface area contributed by atoms with Gasteiger partial charge in [0.05, 0.1) is 13.2 Å². The Balaban J connectivity index is 1.80. The average molecular weight is 447 g/mol. The number of alkyl carbamates (subject to hydrolysis) is 1. The van der Waals surface area contributed by atoms with Gasteiger partial charge in [0, 0.05) is 20.1 Å². The van der Waals surface area contributed by atoms with Gasteiger partial charge in [-0.25, -0.2) is 9.18 Å². The fraction of sp³-hybridized carbons (Fsp3) is 0.417. The van der Waals surface area contributed by atoms with E-state index in [9.17, 15) is 14.0 Å². The number of rotatable bonds is 10. The Morgan fingerprint density at radius 2 is 1.78 bits per heavy atom. The van der Waals surface area contributed by atoms with E-state index in [2.05, 4.69) is 10.6 Å². The maximum Gasteiger partial charge on any atom is 0.408 e. The highest BCUT2D eigenvalue weighted by atomic mass is 19.1. The molecule has 1 atom stereocenters. The number of hydrogen-bond acceptors (Lipinski definition) is 5. The molecule has 0 aliphatic rings. The predicted octanol–water partition coefficient (Wildman–Crippen LogP) is 3.60. The first kappa shape index (κ1) is 25.1. The summed E-state index contributed by atoms with van der Waals surface area (Å²) in [5.74, 6) is 0.0383. The number of benzene rings is 2. The van der Waals surface area contributed by atoms with E-state index in [4.69, 9.17) is 14.2 Å². The Morgan fingerprint density at radius 3 is 2.41 bits per heavy atom. The molecular formula is C24H31FN2O5. The predicted molar refractivity (Wildman–Crippen MR) is 119 cm³/mol. The molecule has 32 heavy (non-hydrogen) atoms. The van der Waals surface area contributed by atoms with E-state index < -0.39 is 17.7 Å². The van der Waals surface area contributed by atoms with Crippen LogP contribution in [0.5, 0.6) is 5.75 Å². The molecule has 0 unspecified atom stereocenters. The highest BCUT2D eigenvalue weighted by molar-refractivity contribution is 5.85. The smallest absolute Gasteiger partial charge is 0.408 e. The van der Waals surface area contributed by atoms with E-state index in [1.807, 2.05) is 18.2 Å². The molecule has 2 rings (SSSR count). The minimum absolute atomic E-state index is 0.0170. The largest absolute Gasteiger partial charge is 0.493 e. The molecule has 0 spiro atoms. The summed E-state index contributed by atoms with van der Waals surface area (Å²) in [6.45, 7) is 5.95. The summed E-state index contributed by atoms with van der Waals surface area (Å²) in [4.78, 5) is 24.4. The molecule has 0 saturated carbocycles. The van der Waals surface area contributed by atoms with Crippen LogP contribution in [-0.2, 0) is 27.2 Å². The average Bonchev–Trinajstić information content (AvgIpc) is 2.71. The number of methoxy groups -OCH3 is 1. The topological polar surface area (TPSA) is 85.9 Å². The van der Waals surface area contributed by atoms with Crippen LogP contribution in [-0.4, -0.2) is 44.0 Å². The number of halogens is 1. The first-order valence-corrected chi connectivity index (χ1v) is 10.4. The third-order valence-electron chi connectivity index (χ3n) is 4.28. The number of amides is 2. The summed E-state index contributed by atoms with van der Waals surface area (Å²) >= 11 is 0. The van der Waals surface area contributed by atoms with Crippen LogP contribution in [0.3, 0.4) is 0 Å². The monoisotopic (exact) mass is 446 g/mol. The second-order valence-electron chi connectivity index (χ2n) is 8.24. The highest BCUT2D eigenvalue weighted by Gasteiger charge is 2.24. The number of carbonyl (C=O) groups is 2. The molecule has 2 N–H and O–H groups in total. The molecule has 2 aromatic rings. The minimum atomic E-state index is -0.875. The molecule has 7 nitrogen and oxygen atoms in total. The van der Waals surface area contributed by atoms with Gasteiger partial charge in [-0.1, -0.05) is 24.3 Å². The van der Waals surface area contributed by atoms with Crippen LogP contribution in [0.1, 0.15) is 31.9 Å². The minimum Gasteiger partial charge on any atom is -0.493 e. The van der Waals surface area contributed by atoms with Crippen molar-refractivity contribution in [1.82, 2.24) is 10.6 Å². The van der Waals surface area contributed by atoms with Gasteiger partial charge >= 0.3 is 6.09 Å². The Hall–Kier alpha value is -3.13. The molecule has 0 bridgehead atoms. The lowest BCUT2D eigenvalue weighted by Gasteiger charge is -2.23. The molecule has 0 radical (unpaired) electrons. The zero-order chi connectivity index (χ0) is 23.6. The molecular weight excluding hydrogens is 415 g/mol. The van der Waals surface area contributed by atoms with Crippen molar-refractivity contribution in [3.8, 4) is 5.75 Å². The fourth-order valence-corrected chi connectivity index (χ4v) is 2.79. The van der Waals surface area contributed by atoms with Crippen LogP contribution in [0.2, 0.25) is 0 Å². The number of carbonyl (C=O) groups excluding carboxylic acids is 2. The first-order valence-electron chi connectivity index (χ1n) is 10.4. The van der Waals surface area contributed by atoms with Crippen LogP contribution in [0.25, 0.3) is 0 Å². The first-order chi connectivity index (χ1) is 15.2. The molecule has 0 aliphatic carbocycles. The normalized spacial score (nSPS) is 12.0. The summed E-state index contributed by atoms with van der Waals surface area (Å²) in [5.41, 5.74) is 1.07. The van der Waals surface area contributed by atoms with Gasteiger partial charge in [-0.2, -0.15) is 0 Å². The van der Waals surface area contributed by atoms with Crippen LogP contribution in [0.4, 0.5) is 9.18 Å². The number of hydrogen-bond donors (Lipinski definition) is 2. The van der Waals surface area contributed by atoms with Gasteiger partial charge < -0.3 is 24.8 Å². The van der Waals surface area contributed by atoms with Crippen LogP contribution in [0.15, 0.2) is 48.5 Å². The summed E-state index contributed by atoms with van der Waals surface area (Å²) in [7, 11) is 1.45. The van der Waals surface area contributed by atoms with Crippen molar-refractivity contribution in [2.24, 2.45) is 0 Å². The van der Waals surface area contributed by atoms with Crippen molar-refractivity contribution in [1.29, 1.82) is 0 Å². The maximum atomic E-state index is 13.2. The second-order valence-corrected chi connectivity index (χ2v) is 8.24. The third kappa shape index (κ3) is 9.34. The summed E-state index contributed by atoms with van der Waals surface area (Å²) in [5, 5.41) is 5.29. The molecule has 0 fully saturated rings. The number of ether oxygens (including phenoxy) is 3. The molecule has 2 aromatic carbocycles. The summed E-state index contributed by atoms with van der Waals surface area (Å²) in [6.07, 6.45) is -0.0874. The Bertz CT molecular complexity index is 881. The SMILES string of the molecule is COC[C@@H](NC(=O)OC(C)(C)C)C(=O)NCc1ccc(OCCc2cccc(F)c2)cc1. The van der Waals surface area contributed by atoms with E-state index in [0.29, 0.717) is 18.8 Å². The third-order valence-corrected chi connectivity index (χ3v) is 4.28. The van der Waals surface area contributed by atoms with Crippen molar-refractivity contribution in [3.63, 3.8) is 0 Å². The molecule has 8 heteroatoms. The van der Waals surface area contributed by atoms with Crippen molar-refractivity contribution in [2.45, 2.75) is 45.4 Å². The lowest BCUT2D eigenvalue weighted by molar-refractivity contribution is -0.124. The van der Waals surface area contributed by atoms with Crippen LogP contribution >= 0.6 is 0 Å². The van der Waals surface area contributed by atoms with E-state index in [1.165, 1.54) is 19.2 Å². The highest BCUT2D eigenvalue weighted by Crippen LogP contribution is 2.13. The van der Waals surface area contributed by atoms with Gasteiger partial charge in [-0.15, -0.1) is 0 Å². The molecule has 174 valence electrons. The quantitative estimate of drug-likeness (QED) is 0.582. The van der Waals surface area contributed by atoms with Gasteiger partial charge in [-0.05, 0) is 56.2 Å². The molecule has 0 heterocycles. The Kier molecular flexibility index (Phi) is 9.46. The zero-order valence-corrected chi connectivity index (χ0v) is 18.9. The zero-order valence-electron chi connectivity index (χ0n) is 18.9. The second kappa shape index (κ2) is 12.0. The van der Waals surface area contributed by atoms with Crippen molar-refractivity contribution in [3.05, 3.63) is 65.5 Å². The van der Waals surface area contributed by atoms with Crippen LogP contribution in [0, 0.1) is 5.82 Å². The van der Waals surface area contributed by atoms with Gasteiger partial charge in [0.15, 0.2) is 0 Å². The van der Waals surface area contributed by atoms with E-state index in [0.717, 1.165) is 11.1 Å². The van der Waals surface area contributed by atoms with Crippen molar-refractivity contribution < 1.29 is 28.2 Å². The standard InChI is InChI=1S/C24H31FN2O5/c1-24(2,3)32-23(29)27-21(16-30-4)22(28)26-15-18-8-10-20(11-9-18)31-13-12-17-6-5-7-19(25)14-17/h5-11,14,21H,12-13,15-16H2,1-4H3,(H,26,28)(H,27,29)/t21-/m1/s1. The lowest BCUT2D eigenvalue weighted by Crippen LogP contribution is -2.50. The van der Waals surface area contributed by atoms with Crippen molar-refractivity contribution >= 4 is 12.0 Å². The van der Waals surface area contributed by atoms with Crippen molar-refractivity contribution in [2.75, 3.05) is 20.3 Å². The van der Waals surface area contributed by atoms with Gasteiger partial charge in [0.1, 0.15) is 23.2 Å². The molecule has 0 aromatic heterocycles. The van der Waals surface area contributed by atoms with E-state index >= 15 is 0 Å². The Labute approximate surface area is 188 Å². The number of nitrogens with one attached hydrogen (secondary N) is 2. The van der Waals surface area contributed by atoms with Gasteiger partial charge in [0.2, 0.25) is 5.91 Å². The Morgan fingerprint density at radius 1 is 1.06 bits per heavy atom. The molecule has 0 aliphatic heterocycles. The lowest BCUT2D eigenvalue weighted by atomic mass is 10.1. The van der Waals surface area contributed by atoms with Gasteiger partial charge in [0.25, 0.3) is 0 Å². The van der Waals surface area contributed by atoms with Crippen LogP contribution < -0.4 is 15.4 Å². The molecule has 2 amide bonds. The maximum absolute atomic E-state index is 13.2. The summed E-state index contributed by atoms with van der Waals surface area (Å²) in [6, 6.07) is 12.8. The van der Waals surface area contributed by atoms with Gasteiger partial charge in [-0.3, -0.25) is 4.79 Å². The van der Waals surface area contributed by atoms with E-state index in [1.54, 1.807) is 39.0 Å².